The van der Waals surface area contributed by atoms with E-state index in [4.69, 9.17) is 25.3 Å². The van der Waals surface area contributed by atoms with Crippen molar-refractivity contribution in [2.75, 3.05) is 44.9 Å². The minimum Gasteiger partial charge on any atom is -0.453 e. The number of halogens is 5. The van der Waals surface area contributed by atoms with Crippen LogP contribution in [-0.4, -0.2) is 121 Å². The Labute approximate surface area is 361 Å². The highest BCUT2D eigenvalue weighted by Crippen LogP contribution is 2.41. The summed E-state index contributed by atoms with van der Waals surface area (Å²) in [6, 6.07) is 10.9. The van der Waals surface area contributed by atoms with Gasteiger partial charge in [0.25, 0.3) is 0 Å². The van der Waals surface area contributed by atoms with Crippen molar-refractivity contribution in [3.8, 4) is 11.1 Å². The van der Waals surface area contributed by atoms with Crippen molar-refractivity contribution in [1.29, 1.82) is 10.8 Å². The lowest BCUT2D eigenvalue weighted by molar-refractivity contribution is -0.220. The fourth-order valence-electron chi connectivity index (χ4n) is 8.40. The fourth-order valence-corrected chi connectivity index (χ4v) is 8.40. The monoisotopic (exact) mass is 884 g/mol. The van der Waals surface area contributed by atoms with Gasteiger partial charge in [0, 0.05) is 67.1 Å². The first-order chi connectivity index (χ1) is 29.9. The summed E-state index contributed by atoms with van der Waals surface area (Å²) < 4.78 is 88.1. The number of alkyl carbamates (subject to hydrolysis) is 1. The fraction of sp³-hybridized carbons (Fsp3) is 0.523. The number of nitrogens with one attached hydrogen (secondary N) is 5. The maximum absolute atomic E-state index is 15.1. The van der Waals surface area contributed by atoms with Gasteiger partial charge in [0.1, 0.15) is 23.5 Å². The number of benzene rings is 2. The summed E-state index contributed by atoms with van der Waals surface area (Å²) in [6.07, 6.45) is -2.28. The van der Waals surface area contributed by atoms with Gasteiger partial charge in [0.05, 0.1) is 43.9 Å². The Balaban J connectivity index is 1.03. The van der Waals surface area contributed by atoms with Gasteiger partial charge < -0.3 is 40.2 Å². The van der Waals surface area contributed by atoms with E-state index in [0.717, 1.165) is 102 Å². The summed E-state index contributed by atoms with van der Waals surface area (Å²) in [7, 11) is 0.937. The van der Waals surface area contributed by atoms with Crippen molar-refractivity contribution in [2.24, 2.45) is 11.3 Å². The first-order valence-electron chi connectivity index (χ1n) is 21.0. The van der Waals surface area contributed by atoms with Crippen LogP contribution in [0.4, 0.5) is 32.6 Å². The summed E-state index contributed by atoms with van der Waals surface area (Å²) in [5.74, 6) is -3.26. The van der Waals surface area contributed by atoms with Gasteiger partial charge in [-0.1, -0.05) is 24.3 Å². The number of carbonyl (C=O) groups is 2. The van der Waals surface area contributed by atoms with Gasteiger partial charge in [-0.3, -0.25) is 20.5 Å². The second kappa shape index (κ2) is 18.8. The highest BCUT2D eigenvalue weighted by molar-refractivity contribution is 6.00. The summed E-state index contributed by atoms with van der Waals surface area (Å²) in [4.78, 5) is 35.6. The molecule has 14 nitrogen and oxygen atoms in total. The molecule has 19 heteroatoms. The van der Waals surface area contributed by atoms with Crippen molar-refractivity contribution in [3.63, 3.8) is 0 Å². The van der Waals surface area contributed by atoms with E-state index in [9.17, 15) is 27.9 Å². The molecular weight excluding hydrogens is 832 g/mol. The van der Waals surface area contributed by atoms with Crippen molar-refractivity contribution in [1.82, 2.24) is 25.8 Å². The largest absolute Gasteiger partial charge is 0.453 e. The van der Waals surface area contributed by atoms with Crippen LogP contribution in [0.1, 0.15) is 56.2 Å². The van der Waals surface area contributed by atoms with E-state index in [2.05, 4.69) is 25.2 Å². The molecule has 3 saturated heterocycles. The Morgan fingerprint density at radius 3 is 2.11 bits per heavy atom. The van der Waals surface area contributed by atoms with E-state index >= 15 is 8.78 Å². The molecule has 1 saturated carbocycles. The number of ether oxygens (including phenoxy) is 3. The molecule has 0 spiro atoms. The lowest BCUT2D eigenvalue weighted by atomic mass is 9.82. The van der Waals surface area contributed by atoms with Gasteiger partial charge in [-0.2, -0.15) is 13.2 Å². The van der Waals surface area contributed by atoms with Crippen molar-refractivity contribution in [3.05, 3.63) is 83.1 Å². The highest BCUT2D eigenvalue weighted by atomic mass is 19.4. The van der Waals surface area contributed by atoms with Crippen LogP contribution in [0.15, 0.2) is 54.7 Å². The standard InChI is InChI=1S/C44H53F5N8O6/c1-43(2,44(47,48)49)38(55-42(60)61-3)41(59)54-35(36(58)19-52-18-32-33(45)15-28(16-34(32)46)40(51)63-39(50)26-8-9-26)14-24-4-6-25(7-5-24)27-10-13-37(53-17-27)56-20-29-11-12-30(21-56)57(29)31-22-62-23-31/h4-7,10,13,15-17,26,29-31,35-36,38,50-52,58H,8-9,11-12,14,18-23H2,1-3H3,(H,54,59)(H,55,60)/t29?,30?,35-,36-,38+/m0/s1. The molecule has 1 aromatic heterocycles. The third-order valence-electron chi connectivity index (χ3n) is 12.6. The molecule has 4 fully saturated rings. The Kier molecular flexibility index (Phi) is 13.7. The molecule has 6 N–H and O–H groups in total. The second-order valence-electron chi connectivity index (χ2n) is 17.3. The predicted molar refractivity (Wildman–Crippen MR) is 222 cm³/mol. The number of rotatable bonds is 16. The maximum Gasteiger partial charge on any atom is 0.407 e. The van der Waals surface area contributed by atoms with Gasteiger partial charge in [-0.05, 0) is 81.3 Å². The molecule has 2 aromatic carbocycles. The molecule has 4 aliphatic rings. The van der Waals surface area contributed by atoms with Crippen LogP contribution in [-0.2, 0) is 32.0 Å². The lowest BCUT2D eigenvalue weighted by Crippen LogP contribution is -2.62. The van der Waals surface area contributed by atoms with Crippen molar-refractivity contribution < 1.29 is 50.9 Å². The first-order valence-corrected chi connectivity index (χ1v) is 21.0. The second-order valence-corrected chi connectivity index (χ2v) is 17.3. The van der Waals surface area contributed by atoms with E-state index in [1.807, 2.05) is 29.6 Å². The van der Waals surface area contributed by atoms with E-state index < -0.39 is 71.4 Å². The Morgan fingerprint density at radius 1 is 0.937 bits per heavy atom. The normalized spacial score (nSPS) is 20.6. The zero-order valence-electron chi connectivity index (χ0n) is 35.2. The van der Waals surface area contributed by atoms with Crippen LogP contribution in [0.25, 0.3) is 11.1 Å². The lowest BCUT2D eigenvalue weighted by Gasteiger charge is -2.48. The highest BCUT2D eigenvalue weighted by Gasteiger charge is 2.56. The molecule has 7 rings (SSSR count). The number of alkyl halides is 3. The average Bonchev–Trinajstić information content (AvgIpc) is 4.05. The molecule has 3 aliphatic heterocycles. The number of carbonyl (C=O) groups excluding carboxylic acids is 2. The molecular formula is C44H53F5N8O6. The van der Waals surface area contributed by atoms with Crippen LogP contribution >= 0.6 is 0 Å². The number of amides is 2. The predicted octanol–water partition coefficient (Wildman–Crippen LogP) is 5.30. The van der Waals surface area contributed by atoms with Crippen LogP contribution in [0, 0.1) is 33.8 Å². The van der Waals surface area contributed by atoms with Crippen LogP contribution in [0.3, 0.4) is 0 Å². The van der Waals surface area contributed by atoms with Crippen LogP contribution < -0.4 is 20.9 Å². The van der Waals surface area contributed by atoms with Crippen molar-refractivity contribution >= 4 is 29.6 Å². The number of piperazine rings is 1. The van der Waals surface area contributed by atoms with Gasteiger partial charge >= 0.3 is 12.3 Å². The van der Waals surface area contributed by atoms with Gasteiger partial charge in [0.15, 0.2) is 5.90 Å². The summed E-state index contributed by atoms with van der Waals surface area (Å²) >= 11 is 0. The Bertz CT molecular complexity index is 2110. The molecule has 340 valence electrons. The number of aromatic nitrogens is 1. The number of aliphatic hydroxyl groups is 1. The molecule has 5 atom stereocenters. The minimum atomic E-state index is -4.96. The molecule has 1 aliphatic carbocycles. The van der Waals surface area contributed by atoms with E-state index in [-0.39, 0.29) is 30.3 Å². The van der Waals surface area contributed by atoms with Gasteiger partial charge in [-0.15, -0.1) is 0 Å². The molecule has 3 aromatic rings. The summed E-state index contributed by atoms with van der Waals surface area (Å²) in [6.45, 7) is 4.04. The van der Waals surface area contributed by atoms with Gasteiger partial charge in [-0.25, -0.2) is 18.6 Å². The number of aliphatic hydroxyl groups excluding tert-OH is 1. The number of hydrogen-bond acceptors (Lipinski definition) is 12. The molecule has 2 unspecified atom stereocenters. The third kappa shape index (κ3) is 10.4. The van der Waals surface area contributed by atoms with Crippen LogP contribution in [0.2, 0.25) is 0 Å². The van der Waals surface area contributed by atoms with E-state index in [1.54, 1.807) is 18.3 Å². The molecule has 0 radical (unpaired) electrons. The molecule has 4 heterocycles. The van der Waals surface area contributed by atoms with Gasteiger partial charge in [0.2, 0.25) is 11.8 Å². The van der Waals surface area contributed by atoms with E-state index in [0.29, 0.717) is 23.7 Å². The smallest absolute Gasteiger partial charge is 0.407 e. The third-order valence-corrected chi connectivity index (χ3v) is 12.6. The molecule has 63 heavy (non-hydrogen) atoms. The van der Waals surface area contributed by atoms with Crippen LogP contribution in [0.5, 0.6) is 0 Å². The SMILES string of the molecule is COC(=O)N[C@H](C(=O)N[C@@H](Cc1ccc(-c2ccc(N3CC4CCC(C3)N4C3COC3)nc2)cc1)[C@@H](O)CNCc1c(F)cc(C(=N)OC(=N)C2CC2)cc1F)C(C)(C)C(F)(F)F. The number of methoxy groups -OCH3 is 1. The summed E-state index contributed by atoms with van der Waals surface area (Å²) in [5, 5.41) is 34.5. The maximum atomic E-state index is 15.1. The zero-order valence-corrected chi connectivity index (χ0v) is 35.2. The molecule has 2 amide bonds. The number of pyridine rings is 1. The number of nitrogens with zero attached hydrogens (tertiary/aromatic N) is 3. The number of fused-ring (bicyclic) bond motifs is 2. The number of hydrogen-bond donors (Lipinski definition) is 6. The average molecular weight is 885 g/mol. The molecule has 2 bridgehead atoms. The Hall–Kier alpha value is -5.24. The first kappa shape index (κ1) is 45.8. The quantitative estimate of drug-likeness (QED) is 0.0627. The number of anilines is 1. The van der Waals surface area contributed by atoms with E-state index in [1.165, 1.54) is 0 Å². The summed E-state index contributed by atoms with van der Waals surface area (Å²) in [5.41, 5.74) is -1.19. The van der Waals surface area contributed by atoms with Crippen molar-refractivity contribution in [2.45, 2.75) is 95.0 Å². The zero-order chi connectivity index (χ0) is 45.2. The Morgan fingerprint density at radius 2 is 1.57 bits per heavy atom. The minimum absolute atomic E-state index is 0.0971. The topological polar surface area (TPSA) is 185 Å².